The number of carboxylic acids is 1. The van der Waals surface area contributed by atoms with E-state index in [-0.39, 0.29) is 4.90 Å². The summed E-state index contributed by atoms with van der Waals surface area (Å²) in [4.78, 5) is 16.4. The SMILES string of the molecule is Nc1cccc(S(=O)(=O)N2CCN(CCC3CCN(c4cc(Br)ccc4C(=O)O)CC3)CC2)c1. The van der Waals surface area contributed by atoms with Gasteiger partial charge in [0.1, 0.15) is 0 Å². The number of aromatic carboxylic acids is 1. The molecule has 2 aromatic rings. The number of carbonyl (C=O) groups is 1. The zero-order valence-electron chi connectivity index (χ0n) is 19.1. The Bertz CT molecular complexity index is 1130. The molecule has 8 nitrogen and oxygen atoms in total. The Morgan fingerprint density at radius 1 is 1.03 bits per heavy atom. The second kappa shape index (κ2) is 10.6. The normalized spacial score (nSPS) is 18.8. The van der Waals surface area contributed by atoms with E-state index in [2.05, 4.69) is 25.7 Å². The first-order chi connectivity index (χ1) is 16.2. The number of halogens is 1. The van der Waals surface area contributed by atoms with Crippen molar-refractivity contribution in [3.8, 4) is 0 Å². The zero-order chi connectivity index (χ0) is 24.3. The standard InChI is InChI=1S/C24H31BrN4O4S/c25-19-4-5-22(24(30)31)23(16-19)28-10-7-18(8-11-28)6-9-27-12-14-29(15-13-27)34(32,33)21-3-1-2-20(26)17-21/h1-5,16-18H,6-15,26H2,(H,30,31). The van der Waals surface area contributed by atoms with Crippen molar-refractivity contribution in [3.05, 3.63) is 52.5 Å². The predicted molar refractivity (Wildman–Crippen MR) is 137 cm³/mol. The number of carboxylic acid groups (broad SMARTS) is 1. The predicted octanol–water partition coefficient (Wildman–Crippen LogP) is 3.34. The molecule has 0 amide bonds. The Morgan fingerprint density at radius 3 is 2.38 bits per heavy atom. The third kappa shape index (κ3) is 5.73. The van der Waals surface area contributed by atoms with Crippen LogP contribution >= 0.6 is 15.9 Å². The average Bonchev–Trinajstić information content (AvgIpc) is 2.83. The van der Waals surface area contributed by atoms with Crippen LogP contribution in [0, 0.1) is 5.92 Å². The van der Waals surface area contributed by atoms with Crippen LogP contribution in [0.4, 0.5) is 11.4 Å². The van der Waals surface area contributed by atoms with Crippen LogP contribution in [0.3, 0.4) is 0 Å². The molecule has 2 saturated heterocycles. The molecule has 184 valence electrons. The van der Waals surface area contributed by atoms with Crippen LogP contribution in [0.5, 0.6) is 0 Å². The van der Waals surface area contributed by atoms with Gasteiger partial charge in [-0.15, -0.1) is 0 Å². The molecule has 34 heavy (non-hydrogen) atoms. The second-order valence-electron chi connectivity index (χ2n) is 9.00. The number of sulfonamides is 1. The van der Waals surface area contributed by atoms with E-state index < -0.39 is 16.0 Å². The van der Waals surface area contributed by atoms with E-state index in [1.54, 1.807) is 34.6 Å². The molecule has 0 atom stereocenters. The Morgan fingerprint density at radius 2 is 1.74 bits per heavy atom. The molecular weight excluding hydrogens is 520 g/mol. The number of rotatable bonds is 7. The number of piperidine rings is 1. The highest BCUT2D eigenvalue weighted by molar-refractivity contribution is 9.10. The molecule has 10 heteroatoms. The molecule has 3 N–H and O–H groups in total. The van der Waals surface area contributed by atoms with E-state index in [0.717, 1.165) is 62.1 Å². The highest BCUT2D eigenvalue weighted by Crippen LogP contribution is 2.30. The second-order valence-corrected chi connectivity index (χ2v) is 11.9. The molecule has 0 saturated carbocycles. The van der Waals surface area contributed by atoms with Gasteiger partial charge in [-0.05, 0) is 68.1 Å². The zero-order valence-corrected chi connectivity index (χ0v) is 21.5. The molecule has 0 spiro atoms. The summed E-state index contributed by atoms with van der Waals surface area (Å²) in [5, 5.41) is 9.52. The fourth-order valence-electron chi connectivity index (χ4n) is 4.79. The van der Waals surface area contributed by atoms with Crippen LogP contribution in [0.15, 0.2) is 51.8 Å². The van der Waals surface area contributed by atoms with Gasteiger partial charge in [0, 0.05) is 49.4 Å². The summed E-state index contributed by atoms with van der Waals surface area (Å²) in [6, 6.07) is 11.8. The monoisotopic (exact) mass is 550 g/mol. The highest BCUT2D eigenvalue weighted by atomic mass is 79.9. The van der Waals surface area contributed by atoms with Crippen molar-refractivity contribution in [1.82, 2.24) is 9.21 Å². The first kappa shape index (κ1) is 25.0. The fourth-order valence-corrected chi connectivity index (χ4v) is 6.62. The van der Waals surface area contributed by atoms with Gasteiger partial charge < -0.3 is 20.6 Å². The average molecular weight is 552 g/mol. The van der Waals surface area contributed by atoms with Crippen LogP contribution in [0.25, 0.3) is 0 Å². The van der Waals surface area contributed by atoms with E-state index in [1.165, 1.54) is 6.07 Å². The number of piperazine rings is 1. The van der Waals surface area contributed by atoms with Crippen molar-refractivity contribution >= 4 is 43.3 Å². The lowest BCUT2D eigenvalue weighted by Gasteiger charge is -2.37. The quantitative estimate of drug-likeness (QED) is 0.509. The fraction of sp³-hybridized carbons (Fsp3) is 0.458. The number of nitrogens with zero attached hydrogens (tertiary/aromatic N) is 3. The lowest BCUT2D eigenvalue weighted by atomic mass is 9.92. The Hall–Kier alpha value is -2.14. The first-order valence-electron chi connectivity index (χ1n) is 11.6. The van der Waals surface area contributed by atoms with Gasteiger partial charge in [-0.2, -0.15) is 4.31 Å². The number of benzene rings is 2. The smallest absolute Gasteiger partial charge is 0.337 e. The summed E-state index contributed by atoms with van der Waals surface area (Å²) in [5.41, 5.74) is 7.33. The van der Waals surface area contributed by atoms with Gasteiger partial charge in [0.15, 0.2) is 0 Å². The molecule has 0 unspecified atom stereocenters. The highest BCUT2D eigenvalue weighted by Gasteiger charge is 2.29. The third-order valence-electron chi connectivity index (χ3n) is 6.83. The Labute approximate surface area is 209 Å². The molecule has 0 aromatic heterocycles. The maximum Gasteiger partial charge on any atom is 0.337 e. The molecule has 2 fully saturated rings. The summed E-state index contributed by atoms with van der Waals surface area (Å²) in [6.45, 7) is 5.04. The van der Waals surface area contributed by atoms with Crippen molar-refractivity contribution in [1.29, 1.82) is 0 Å². The van der Waals surface area contributed by atoms with E-state index in [9.17, 15) is 18.3 Å². The van der Waals surface area contributed by atoms with Crippen molar-refractivity contribution in [2.45, 2.75) is 24.2 Å². The summed E-state index contributed by atoms with van der Waals surface area (Å²) in [6.07, 6.45) is 3.12. The van der Waals surface area contributed by atoms with Gasteiger partial charge in [0.2, 0.25) is 10.0 Å². The molecule has 2 aliphatic heterocycles. The lowest BCUT2D eigenvalue weighted by molar-refractivity contribution is 0.0697. The molecule has 0 bridgehead atoms. The van der Waals surface area contributed by atoms with E-state index in [0.29, 0.717) is 30.3 Å². The molecule has 2 heterocycles. The van der Waals surface area contributed by atoms with Gasteiger partial charge >= 0.3 is 5.97 Å². The van der Waals surface area contributed by atoms with E-state index >= 15 is 0 Å². The van der Waals surface area contributed by atoms with Gasteiger partial charge in [0.05, 0.1) is 16.1 Å². The minimum Gasteiger partial charge on any atom is -0.478 e. The number of nitrogen functional groups attached to an aromatic ring is 1. The molecular formula is C24H31BrN4O4S. The van der Waals surface area contributed by atoms with Gasteiger partial charge in [0.25, 0.3) is 0 Å². The van der Waals surface area contributed by atoms with Crippen molar-refractivity contribution in [2.75, 3.05) is 56.4 Å². The minimum atomic E-state index is -3.51. The summed E-state index contributed by atoms with van der Waals surface area (Å²) in [5.74, 6) is -0.313. The summed E-state index contributed by atoms with van der Waals surface area (Å²) < 4.78 is 28.2. The minimum absolute atomic E-state index is 0.254. The Balaban J connectivity index is 1.24. The topological polar surface area (TPSA) is 107 Å². The molecule has 2 aliphatic rings. The maximum atomic E-state index is 12.9. The third-order valence-corrected chi connectivity index (χ3v) is 9.21. The summed E-state index contributed by atoms with van der Waals surface area (Å²) in [7, 11) is -3.51. The molecule has 4 rings (SSSR count). The largest absolute Gasteiger partial charge is 0.478 e. The molecule has 0 radical (unpaired) electrons. The number of hydrogen-bond donors (Lipinski definition) is 2. The first-order valence-corrected chi connectivity index (χ1v) is 13.8. The molecule has 0 aliphatic carbocycles. The molecule has 2 aromatic carbocycles. The van der Waals surface area contributed by atoms with Crippen LogP contribution in [0.1, 0.15) is 29.6 Å². The number of anilines is 2. The van der Waals surface area contributed by atoms with Crippen LogP contribution < -0.4 is 10.6 Å². The maximum absolute atomic E-state index is 12.9. The van der Waals surface area contributed by atoms with Crippen LogP contribution in [-0.4, -0.2) is 74.5 Å². The van der Waals surface area contributed by atoms with E-state index in [1.807, 2.05) is 6.07 Å². The van der Waals surface area contributed by atoms with Gasteiger partial charge in [-0.25, -0.2) is 13.2 Å². The van der Waals surface area contributed by atoms with Gasteiger partial charge in [-0.3, -0.25) is 0 Å². The van der Waals surface area contributed by atoms with E-state index in [4.69, 9.17) is 5.73 Å². The Kier molecular flexibility index (Phi) is 7.81. The number of nitrogens with two attached hydrogens (primary N) is 1. The summed E-state index contributed by atoms with van der Waals surface area (Å²) >= 11 is 3.45. The number of hydrogen-bond acceptors (Lipinski definition) is 6. The van der Waals surface area contributed by atoms with Crippen LogP contribution in [0.2, 0.25) is 0 Å². The van der Waals surface area contributed by atoms with Gasteiger partial charge in [-0.1, -0.05) is 22.0 Å². The van der Waals surface area contributed by atoms with Crippen molar-refractivity contribution in [2.24, 2.45) is 5.92 Å². The van der Waals surface area contributed by atoms with Crippen molar-refractivity contribution < 1.29 is 18.3 Å². The van der Waals surface area contributed by atoms with Crippen LogP contribution in [-0.2, 0) is 10.0 Å². The van der Waals surface area contributed by atoms with Crippen molar-refractivity contribution in [3.63, 3.8) is 0 Å². The lowest BCUT2D eigenvalue weighted by Crippen LogP contribution is -2.49.